The number of para-hydroxylation sites is 11. The summed E-state index contributed by atoms with van der Waals surface area (Å²) in [6.45, 7) is 0. The normalized spacial score (nSPS) is 16.8. The Labute approximate surface area is 308 Å². The molecule has 10 N–H and O–H groups in total. The van der Waals surface area contributed by atoms with Gasteiger partial charge in [0.1, 0.15) is 17.2 Å². The number of nitrogens with zero attached hydrogens (tertiary/aromatic N) is 3. The molecular formula is C36H35N8O6P3. The van der Waals surface area contributed by atoms with Crippen LogP contribution in [-0.2, 0) is 0 Å². The summed E-state index contributed by atoms with van der Waals surface area (Å²) in [4.78, 5) is 13.4. The second-order valence-corrected chi connectivity index (χ2v) is 16.7. The van der Waals surface area contributed by atoms with Gasteiger partial charge in [0.25, 0.3) is 0 Å². The molecule has 2 unspecified atom stereocenters. The van der Waals surface area contributed by atoms with Crippen molar-refractivity contribution in [1.29, 1.82) is 0 Å². The molecule has 14 nitrogen and oxygen atoms in total. The fourth-order valence-electron chi connectivity index (χ4n) is 4.71. The van der Waals surface area contributed by atoms with E-state index in [1.54, 1.807) is 133 Å². The van der Waals surface area contributed by atoms with Crippen LogP contribution in [0.1, 0.15) is 0 Å². The Morgan fingerprint density at radius 3 is 1.30 bits per heavy atom. The van der Waals surface area contributed by atoms with Gasteiger partial charge in [-0.1, -0.05) is 78.9 Å². The van der Waals surface area contributed by atoms with Crippen LogP contribution in [0.4, 0.5) is 28.4 Å². The molecule has 6 aromatic rings. The molecule has 0 saturated carbocycles. The van der Waals surface area contributed by atoms with Gasteiger partial charge in [-0.3, -0.25) is 0 Å². The van der Waals surface area contributed by atoms with E-state index in [0.29, 0.717) is 45.7 Å². The number of hydrogen-bond donors (Lipinski definition) is 5. The fourth-order valence-corrected chi connectivity index (χ4v) is 12.3. The van der Waals surface area contributed by atoms with Gasteiger partial charge in [0, 0.05) is 9.21 Å². The lowest BCUT2D eigenvalue weighted by atomic mass is 10.3. The summed E-state index contributed by atoms with van der Waals surface area (Å²) in [7, 11) is -8.86. The molecule has 0 saturated heterocycles. The summed E-state index contributed by atoms with van der Waals surface area (Å²) in [6.07, 6.45) is 0. The number of hydrogen-bond acceptors (Lipinski definition) is 14. The van der Waals surface area contributed by atoms with Gasteiger partial charge < -0.3 is 56.4 Å². The molecule has 270 valence electrons. The first kappa shape index (κ1) is 35.5. The van der Waals surface area contributed by atoms with Gasteiger partial charge in [-0.15, -0.1) is 4.52 Å². The Kier molecular flexibility index (Phi) is 10.6. The molecular weight excluding hydrogens is 733 g/mol. The molecule has 0 aliphatic carbocycles. The highest BCUT2D eigenvalue weighted by Gasteiger charge is 2.58. The first-order chi connectivity index (χ1) is 25.8. The highest BCUT2D eigenvalue weighted by atomic mass is 31.3. The van der Waals surface area contributed by atoms with Crippen molar-refractivity contribution >= 4 is 53.0 Å². The van der Waals surface area contributed by atoms with Crippen molar-refractivity contribution in [3.63, 3.8) is 0 Å². The Morgan fingerprint density at radius 2 is 0.830 bits per heavy atom. The van der Waals surface area contributed by atoms with Gasteiger partial charge in [-0.2, -0.15) is 0 Å². The van der Waals surface area contributed by atoms with Crippen LogP contribution in [0.15, 0.2) is 156 Å². The van der Waals surface area contributed by atoms with Crippen LogP contribution >= 0.6 is 24.6 Å². The number of nitrogens with two attached hydrogens (primary N) is 5. The van der Waals surface area contributed by atoms with E-state index in [4.69, 9.17) is 61.0 Å². The zero-order valence-corrected chi connectivity index (χ0v) is 30.6. The third-order valence-corrected chi connectivity index (χ3v) is 14.1. The maximum absolute atomic E-state index is 6.88. The number of anilines is 5. The molecule has 0 aromatic heterocycles. The third-order valence-electron chi connectivity index (χ3n) is 7.34. The van der Waals surface area contributed by atoms with Crippen molar-refractivity contribution in [2.75, 3.05) is 28.7 Å². The maximum atomic E-state index is 6.88. The van der Waals surface area contributed by atoms with E-state index < -0.39 is 24.6 Å². The van der Waals surface area contributed by atoms with Gasteiger partial charge in [0.2, 0.25) is 0 Å². The fraction of sp³-hybridized carbons (Fsp3) is 0. The molecule has 0 amide bonds. The van der Waals surface area contributed by atoms with E-state index in [1.165, 1.54) is 9.21 Å². The standard InChI is InChI=1S/C36H35N8O6P3/c37-27-16-4-9-21-32(27)46-43-51(47-33-22-10-5-17-28(33)38)42-53(49-35-24-12-7-19-30(35)40,50-36-25-13-8-20-31(36)41)44(45-26-14-2-1-3-15-26)52(43)48-34-23-11-6-18-29(34)39/h1-25H,37-41H2. The minimum atomic E-state index is -4.08. The average molecular weight is 769 g/mol. The van der Waals surface area contributed by atoms with Crippen LogP contribution in [0.5, 0.6) is 34.5 Å². The molecule has 6 aromatic carbocycles. The van der Waals surface area contributed by atoms with Crippen LogP contribution in [0.3, 0.4) is 0 Å². The van der Waals surface area contributed by atoms with Crippen molar-refractivity contribution in [2.45, 2.75) is 0 Å². The van der Waals surface area contributed by atoms with E-state index in [9.17, 15) is 0 Å². The first-order valence-electron chi connectivity index (χ1n) is 16.0. The maximum Gasteiger partial charge on any atom is 0.447 e. The Morgan fingerprint density at radius 1 is 0.434 bits per heavy atom. The average Bonchev–Trinajstić information content (AvgIpc) is 3.16. The lowest BCUT2D eigenvalue weighted by Crippen LogP contribution is -2.37. The van der Waals surface area contributed by atoms with Crippen LogP contribution in [0.25, 0.3) is 0 Å². The zero-order valence-electron chi connectivity index (χ0n) is 28.0. The smallest absolute Gasteiger partial charge is 0.438 e. The third kappa shape index (κ3) is 7.98. The molecule has 1 aliphatic heterocycles. The van der Waals surface area contributed by atoms with Crippen LogP contribution < -0.4 is 56.4 Å². The summed E-state index contributed by atoms with van der Waals surface area (Å²) in [6, 6.07) is 43.8. The molecule has 1 aliphatic rings. The van der Waals surface area contributed by atoms with Crippen LogP contribution in [-0.4, -0.2) is 9.21 Å². The Hall–Kier alpha value is -5.87. The van der Waals surface area contributed by atoms with E-state index in [2.05, 4.69) is 0 Å². The van der Waals surface area contributed by atoms with Crippen molar-refractivity contribution in [2.24, 2.45) is 4.52 Å². The van der Waals surface area contributed by atoms with Crippen molar-refractivity contribution in [3.8, 4) is 34.5 Å². The van der Waals surface area contributed by atoms with Gasteiger partial charge in [-0.25, -0.2) is 0 Å². The van der Waals surface area contributed by atoms with Crippen molar-refractivity contribution in [1.82, 2.24) is 9.21 Å². The molecule has 0 bridgehead atoms. The van der Waals surface area contributed by atoms with E-state index in [0.717, 1.165) is 0 Å². The summed E-state index contributed by atoms with van der Waals surface area (Å²) < 4.78 is 35.3. The van der Waals surface area contributed by atoms with E-state index in [1.807, 2.05) is 18.2 Å². The highest BCUT2D eigenvalue weighted by Crippen LogP contribution is 2.78. The Balaban J connectivity index is 1.53. The van der Waals surface area contributed by atoms with Crippen LogP contribution in [0.2, 0.25) is 0 Å². The summed E-state index contributed by atoms with van der Waals surface area (Å²) in [5.74, 6) is 1.75. The molecule has 17 heteroatoms. The summed E-state index contributed by atoms with van der Waals surface area (Å²) in [5, 5.41) is 0. The van der Waals surface area contributed by atoms with Gasteiger partial charge in [0.15, 0.2) is 17.2 Å². The van der Waals surface area contributed by atoms with Gasteiger partial charge >= 0.3 is 24.6 Å². The lowest BCUT2D eigenvalue weighted by Gasteiger charge is -2.44. The zero-order chi connectivity index (χ0) is 36.8. The number of nitrogen functional groups attached to an aromatic ring is 5. The number of benzene rings is 6. The quantitative estimate of drug-likeness (QED) is 0.0582. The topological polar surface area (TPSA) is 204 Å². The van der Waals surface area contributed by atoms with Crippen molar-refractivity contribution in [3.05, 3.63) is 152 Å². The van der Waals surface area contributed by atoms with Gasteiger partial charge in [-0.05, 0) is 72.8 Å². The molecule has 53 heavy (non-hydrogen) atoms. The highest BCUT2D eigenvalue weighted by molar-refractivity contribution is 7.78. The van der Waals surface area contributed by atoms with Crippen LogP contribution in [0, 0.1) is 0 Å². The predicted molar refractivity (Wildman–Crippen MR) is 211 cm³/mol. The number of rotatable bonds is 12. The minimum Gasteiger partial charge on any atom is -0.438 e. The molecule has 2 atom stereocenters. The second kappa shape index (κ2) is 15.8. The lowest BCUT2D eigenvalue weighted by molar-refractivity contribution is 0.0551. The van der Waals surface area contributed by atoms with E-state index >= 15 is 0 Å². The van der Waals surface area contributed by atoms with Crippen molar-refractivity contribution < 1.29 is 27.8 Å². The van der Waals surface area contributed by atoms with Gasteiger partial charge in [0.05, 0.1) is 28.4 Å². The Bertz CT molecular complexity index is 2200. The monoisotopic (exact) mass is 768 g/mol. The minimum absolute atomic E-state index is 0.241. The molecule has 0 radical (unpaired) electrons. The largest absolute Gasteiger partial charge is 0.447 e. The second-order valence-electron chi connectivity index (χ2n) is 11.1. The molecule has 0 fully saturated rings. The molecule has 7 rings (SSSR count). The molecule has 0 spiro atoms. The summed E-state index contributed by atoms with van der Waals surface area (Å²) >= 11 is 0. The predicted octanol–water partition coefficient (Wildman–Crippen LogP) is 9.22. The molecule has 1 heterocycles. The van der Waals surface area contributed by atoms with E-state index in [-0.39, 0.29) is 17.2 Å². The summed E-state index contributed by atoms with van der Waals surface area (Å²) in [5.41, 5.74) is 33.9. The first-order valence-corrected chi connectivity index (χ1v) is 19.9. The SMILES string of the molecule is Nc1ccccc1ON1P(Oc2ccccc2N)N=P(Oc2ccccc2N)(Oc2ccccc2N)N(Oc2ccccc2)P1Oc1ccccc1N.